The van der Waals surface area contributed by atoms with E-state index in [1.165, 1.54) is 93.6 Å². The van der Waals surface area contributed by atoms with Crippen molar-refractivity contribution < 1.29 is 23.4 Å². The smallest absolute Gasteiger partial charge is 0.338 e. The number of nitrogens with one attached hydrogen (secondary N) is 1. The van der Waals surface area contributed by atoms with Crippen LogP contribution in [-0.4, -0.2) is 60.3 Å². The van der Waals surface area contributed by atoms with Gasteiger partial charge in [-0.2, -0.15) is 0 Å². The van der Waals surface area contributed by atoms with Gasteiger partial charge in [-0.3, -0.25) is 0 Å². The lowest BCUT2D eigenvalue weighted by atomic mass is 10.0. The molecule has 0 bridgehead atoms. The summed E-state index contributed by atoms with van der Waals surface area (Å²) < 4.78 is 29.0. The summed E-state index contributed by atoms with van der Waals surface area (Å²) in [5.41, 5.74) is 17.6. The molecule has 2 saturated heterocycles. The van der Waals surface area contributed by atoms with Crippen molar-refractivity contribution in [2.24, 2.45) is 0 Å². The number of fused-ring (bicyclic) bond motifs is 13. The standard InChI is InChI=1S/C22H19NO2.C20H14N2O.C16H15NO.C15H13NO.2C14H11N/c1-17(2)22(24)25-21-15-13-20(14-16-21)23(18-9-5-3-6-10-18)19-11-7-4-8-12-19;1-2-14-10-12-16(13-11-14)19-21-22-20(23-19)18-9-5-7-15-6-3-4-8-17(15)18;1-3-7-15-13(5-1)14-6-2-4-8-16(14)17(15)11-12-9-10-18-12;1-3-7-14-12(5-1)13-6-2-4-8-15(13)16(14)9-11-10-17-11;1-2-15-13-9-5-3-7-11(13)12-8-4-6-10-14(12)15;1-2-10-7-8-14-12(9-10)11-5-3-4-6-13(11)15-14/h3-16H,1H2,2H3;2-13H,1H2;1-8,12H,9-11H2;1-8,11H,9-10H2;2-10H,1H2;2-9,15H,1H2. The van der Waals surface area contributed by atoms with Crippen LogP contribution in [0.25, 0.3) is 139 Å². The zero-order chi connectivity index (χ0) is 77.0. The van der Waals surface area contributed by atoms with Gasteiger partial charge in [-0.1, -0.05) is 257 Å². The van der Waals surface area contributed by atoms with E-state index in [-0.39, 0.29) is 0 Å². The Balaban J connectivity index is 0.000000103. The Bertz CT molecular complexity index is 6390. The van der Waals surface area contributed by atoms with Crippen molar-refractivity contribution in [1.82, 2.24) is 28.9 Å². The number of aromatic nitrogens is 6. The monoisotopic (exact) mass is 1470 g/mol. The van der Waals surface area contributed by atoms with Crippen molar-refractivity contribution in [3.8, 4) is 28.7 Å². The summed E-state index contributed by atoms with van der Waals surface area (Å²) in [5.74, 6) is 1.13. The van der Waals surface area contributed by atoms with Crippen molar-refractivity contribution in [2.45, 2.75) is 38.6 Å². The fraction of sp³-hybridized carbons (Fsp3) is 0.0792. The molecule has 14 aromatic carbocycles. The predicted molar refractivity (Wildman–Crippen MR) is 469 cm³/mol. The largest absolute Gasteiger partial charge is 0.423 e. The fourth-order valence-corrected chi connectivity index (χ4v) is 14.6. The molecule has 12 nitrogen and oxygen atoms in total. The van der Waals surface area contributed by atoms with E-state index in [2.05, 4.69) is 285 Å². The molecule has 5 aromatic heterocycles. The molecule has 0 amide bonds. The number of carbonyl (C=O) groups is 1. The summed E-state index contributed by atoms with van der Waals surface area (Å²) in [6.45, 7) is 20.4. The van der Waals surface area contributed by atoms with Crippen LogP contribution in [0.1, 0.15) is 24.5 Å². The molecule has 1 N–H and O–H groups in total. The molecule has 0 spiro atoms. The van der Waals surface area contributed by atoms with E-state index >= 15 is 0 Å². The second kappa shape index (κ2) is 33.8. The summed E-state index contributed by atoms with van der Waals surface area (Å²) in [6.07, 6.45) is 7.53. The van der Waals surface area contributed by atoms with Gasteiger partial charge in [0.25, 0.3) is 0 Å². The van der Waals surface area contributed by atoms with E-state index in [4.69, 9.17) is 18.6 Å². The minimum Gasteiger partial charge on any atom is -0.423 e. The second-order valence-electron chi connectivity index (χ2n) is 27.7. The Hall–Kier alpha value is -14.2. The average Bonchev–Trinajstić information content (AvgIpc) is 1.63. The molecule has 113 heavy (non-hydrogen) atoms. The van der Waals surface area contributed by atoms with Crippen molar-refractivity contribution in [2.75, 3.05) is 18.1 Å². The van der Waals surface area contributed by atoms with E-state index < -0.39 is 5.97 Å². The van der Waals surface area contributed by atoms with Crippen LogP contribution < -0.4 is 9.64 Å². The number of benzene rings is 14. The van der Waals surface area contributed by atoms with Crippen LogP contribution in [0.15, 0.2) is 376 Å². The minimum absolute atomic E-state index is 0.374. The van der Waals surface area contributed by atoms with Gasteiger partial charge in [-0.05, 0) is 157 Å². The Morgan fingerprint density at radius 1 is 0.442 bits per heavy atom. The molecule has 7 heterocycles. The highest BCUT2D eigenvalue weighted by Gasteiger charge is 2.25. The Kier molecular flexibility index (Phi) is 21.8. The molecule has 0 aliphatic carbocycles. The number of epoxide rings is 1. The Labute approximate surface area is 655 Å². The SMILES string of the molecule is C=C(C)C(=O)Oc1ccc(N(c2ccccc2)c2ccccc2)cc1.C=Cc1ccc(-c2nnc(-c3cccc4ccccc34)o2)cc1.C=Cc1ccc2[nH]c3ccccc3c2c1.C=Cn1c2ccccc2c2ccccc21.c1ccc2c(c1)c1ccccc1n2CC1CCO1.c1ccc2c(c1)c1ccccc1n2CC1CO1. The molecule has 2 unspecified atom stereocenters. The average molecular weight is 1470 g/mol. The number of hydrogen-bond donors (Lipinski definition) is 1. The van der Waals surface area contributed by atoms with Gasteiger partial charge in [-0.25, -0.2) is 4.79 Å². The molecule has 2 atom stereocenters. The predicted octanol–water partition coefficient (Wildman–Crippen LogP) is 25.5. The molecule has 2 fully saturated rings. The van der Waals surface area contributed by atoms with Crippen molar-refractivity contribution >= 4 is 139 Å². The summed E-state index contributed by atoms with van der Waals surface area (Å²) in [4.78, 5) is 17.2. The van der Waals surface area contributed by atoms with Gasteiger partial charge in [0.2, 0.25) is 11.8 Å². The zero-order valence-corrected chi connectivity index (χ0v) is 62.8. The number of esters is 1. The molecule has 0 radical (unpaired) electrons. The third kappa shape index (κ3) is 16.0. The Morgan fingerprint density at radius 2 is 0.867 bits per heavy atom. The van der Waals surface area contributed by atoms with Crippen molar-refractivity contribution in [3.63, 3.8) is 0 Å². The summed E-state index contributed by atoms with van der Waals surface area (Å²) in [7, 11) is 0. The maximum absolute atomic E-state index is 11.6. The van der Waals surface area contributed by atoms with Crippen LogP contribution in [-0.2, 0) is 27.4 Å². The molecular weight excluding hydrogens is 1390 g/mol. The number of nitrogens with zero attached hydrogens (tertiary/aromatic N) is 6. The molecule has 2 aliphatic rings. The van der Waals surface area contributed by atoms with Gasteiger partial charge in [0, 0.05) is 129 Å². The summed E-state index contributed by atoms with van der Waals surface area (Å²) in [5, 5.41) is 21.1. The number of rotatable bonds is 14. The lowest BCUT2D eigenvalue weighted by Crippen LogP contribution is -2.31. The summed E-state index contributed by atoms with van der Waals surface area (Å²) >= 11 is 0. The number of aromatic amines is 1. The quantitative estimate of drug-likeness (QED) is 0.0495. The lowest BCUT2D eigenvalue weighted by molar-refractivity contribution is -0.130. The van der Waals surface area contributed by atoms with Gasteiger partial charge < -0.3 is 42.2 Å². The third-order valence-corrected chi connectivity index (χ3v) is 20.4. The number of hydrogen-bond acceptors (Lipinski definition) is 8. The number of carbonyl (C=O) groups excluding carboxylic acids is 1. The first-order valence-electron chi connectivity index (χ1n) is 38.0. The maximum atomic E-state index is 11.6. The second-order valence-corrected chi connectivity index (χ2v) is 27.7. The van der Waals surface area contributed by atoms with Crippen molar-refractivity contribution in [1.29, 1.82) is 0 Å². The van der Waals surface area contributed by atoms with Crippen LogP contribution >= 0.6 is 0 Å². The topological polar surface area (TPSA) is 121 Å². The van der Waals surface area contributed by atoms with Gasteiger partial charge in [0.1, 0.15) is 5.75 Å². The van der Waals surface area contributed by atoms with E-state index in [0.29, 0.717) is 35.3 Å². The third-order valence-electron chi connectivity index (χ3n) is 20.4. The highest BCUT2D eigenvalue weighted by molar-refractivity contribution is 6.11. The molecular formula is C101H83N7O5. The summed E-state index contributed by atoms with van der Waals surface area (Å²) in [6, 6.07) is 116. The zero-order valence-electron chi connectivity index (χ0n) is 62.8. The van der Waals surface area contributed by atoms with Crippen molar-refractivity contribution in [3.05, 3.63) is 383 Å². The number of anilines is 3. The van der Waals surface area contributed by atoms with Crippen LogP contribution in [0, 0.1) is 0 Å². The number of ether oxygens (including phenoxy) is 3. The first kappa shape index (κ1) is 73.0. The maximum Gasteiger partial charge on any atom is 0.338 e. The molecule has 12 heteroatoms. The minimum atomic E-state index is -0.421. The first-order valence-corrected chi connectivity index (χ1v) is 38.0. The van der Waals surface area contributed by atoms with Crippen LogP contribution in [0.5, 0.6) is 5.75 Å². The van der Waals surface area contributed by atoms with Gasteiger partial charge >= 0.3 is 5.97 Å². The van der Waals surface area contributed by atoms with Crippen LogP contribution in [0.3, 0.4) is 0 Å². The highest BCUT2D eigenvalue weighted by atomic mass is 16.6. The normalized spacial score (nSPS) is 13.2. The van der Waals surface area contributed by atoms with Gasteiger partial charge in [0.05, 0.1) is 36.4 Å². The molecule has 21 rings (SSSR count). The van der Waals surface area contributed by atoms with Gasteiger partial charge in [-0.15, -0.1) is 10.2 Å². The fourth-order valence-electron chi connectivity index (χ4n) is 14.6. The van der Waals surface area contributed by atoms with Crippen LogP contribution in [0.4, 0.5) is 17.1 Å². The first-order chi connectivity index (χ1) is 55.7. The molecule has 19 aromatic rings. The van der Waals surface area contributed by atoms with Crippen LogP contribution in [0.2, 0.25) is 0 Å². The molecule has 2 aliphatic heterocycles. The number of para-hydroxylation sites is 9. The molecule has 552 valence electrons. The highest BCUT2D eigenvalue weighted by Crippen LogP contribution is 2.38. The van der Waals surface area contributed by atoms with E-state index in [0.717, 1.165) is 76.4 Å². The van der Waals surface area contributed by atoms with E-state index in [9.17, 15) is 4.79 Å². The molecule has 0 saturated carbocycles. The van der Waals surface area contributed by atoms with E-state index in [1.54, 1.807) is 25.1 Å². The van der Waals surface area contributed by atoms with E-state index in [1.807, 2.05) is 115 Å². The Morgan fingerprint density at radius 3 is 1.36 bits per heavy atom. The van der Waals surface area contributed by atoms with Gasteiger partial charge in [0.15, 0.2) is 0 Å². The number of H-pyrrole nitrogens is 1. The lowest BCUT2D eigenvalue weighted by Gasteiger charge is -2.27.